The topological polar surface area (TPSA) is 39.7 Å². The van der Waals surface area contributed by atoms with Gasteiger partial charge in [-0.15, -0.1) is 0 Å². The second-order valence-corrected chi connectivity index (χ2v) is 7.79. The van der Waals surface area contributed by atoms with Gasteiger partial charge in [0.1, 0.15) is 18.2 Å². The number of benzene rings is 3. The van der Waals surface area contributed by atoms with Gasteiger partial charge in [0, 0.05) is 28.7 Å². The van der Waals surface area contributed by atoms with Crippen molar-refractivity contribution in [2.75, 3.05) is 14.2 Å². The van der Waals surface area contributed by atoms with Crippen LogP contribution in [0.3, 0.4) is 0 Å². The van der Waals surface area contributed by atoms with Crippen molar-refractivity contribution in [1.82, 2.24) is 5.32 Å². The summed E-state index contributed by atoms with van der Waals surface area (Å²) in [6.45, 7) is 1.42. The highest BCUT2D eigenvalue weighted by molar-refractivity contribution is 9.10. The molecule has 0 aliphatic heterocycles. The molecule has 30 heavy (non-hydrogen) atoms. The van der Waals surface area contributed by atoms with Crippen molar-refractivity contribution in [1.29, 1.82) is 0 Å². The highest BCUT2D eigenvalue weighted by Gasteiger charge is 2.15. The van der Waals surface area contributed by atoms with E-state index >= 15 is 0 Å². The average molecular weight is 495 g/mol. The van der Waals surface area contributed by atoms with Crippen LogP contribution in [-0.4, -0.2) is 14.2 Å². The molecule has 0 aliphatic rings. The fraction of sp³-hybridized carbons (Fsp3) is 0.217. The Morgan fingerprint density at radius 3 is 2.40 bits per heavy atom. The second-order valence-electron chi connectivity index (χ2n) is 6.53. The number of rotatable bonds is 9. The summed E-state index contributed by atoms with van der Waals surface area (Å²) in [5.74, 6) is 1.66. The summed E-state index contributed by atoms with van der Waals surface area (Å²) < 4.78 is 30.9. The zero-order valence-corrected chi connectivity index (χ0v) is 19.0. The van der Waals surface area contributed by atoms with Gasteiger partial charge in [-0.25, -0.2) is 4.39 Å². The molecule has 4 nitrogen and oxygen atoms in total. The molecule has 0 saturated heterocycles. The van der Waals surface area contributed by atoms with Crippen molar-refractivity contribution in [2.45, 2.75) is 19.7 Å². The van der Waals surface area contributed by atoms with Crippen LogP contribution in [0, 0.1) is 5.82 Å². The Bertz CT molecular complexity index is 998. The first-order valence-electron chi connectivity index (χ1n) is 9.27. The minimum Gasteiger partial charge on any atom is -0.497 e. The van der Waals surface area contributed by atoms with Crippen molar-refractivity contribution < 1.29 is 18.6 Å². The van der Waals surface area contributed by atoms with Crippen LogP contribution in [0.1, 0.15) is 16.7 Å². The first-order chi connectivity index (χ1) is 14.5. The summed E-state index contributed by atoms with van der Waals surface area (Å²) >= 11 is 9.73. The minimum absolute atomic E-state index is 0.192. The van der Waals surface area contributed by atoms with Gasteiger partial charge in [-0.3, -0.25) is 0 Å². The average Bonchev–Trinajstić information content (AvgIpc) is 2.75. The summed E-state index contributed by atoms with van der Waals surface area (Å²) in [6.07, 6.45) is 0. The third-order valence-electron chi connectivity index (χ3n) is 4.56. The summed E-state index contributed by atoms with van der Waals surface area (Å²) in [6, 6.07) is 15.9. The normalized spacial score (nSPS) is 10.7. The summed E-state index contributed by atoms with van der Waals surface area (Å²) in [7, 11) is 3.24. The fourth-order valence-electron chi connectivity index (χ4n) is 2.93. The van der Waals surface area contributed by atoms with Crippen LogP contribution in [0.25, 0.3) is 0 Å². The zero-order chi connectivity index (χ0) is 21.5. The molecule has 0 amide bonds. The van der Waals surface area contributed by atoms with E-state index < -0.39 is 0 Å². The SMILES string of the molecule is COc1ccc(CNCc2c(Br)ccc(OC)c2OCc2ccc(F)cc2Cl)cc1. The maximum Gasteiger partial charge on any atom is 0.167 e. The van der Waals surface area contributed by atoms with Crippen molar-refractivity contribution in [3.8, 4) is 17.2 Å². The molecule has 0 aromatic heterocycles. The highest BCUT2D eigenvalue weighted by atomic mass is 79.9. The van der Waals surface area contributed by atoms with Gasteiger partial charge in [0.05, 0.1) is 19.2 Å². The molecule has 3 rings (SSSR count). The minimum atomic E-state index is -0.382. The molecule has 3 aromatic rings. The van der Waals surface area contributed by atoms with Gasteiger partial charge in [0.2, 0.25) is 0 Å². The molecule has 3 aromatic carbocycles. The van der Waals surface area contributed by atoms with Crippen LogP contribution in [0.5, 0.6) is 17.2 Å². The molecule has 0 atom stereocenters. The zero-order valence-electron chi connectivity index (χ0n) is 16.7. The van der Waals surface area contributed by atoms with E-state index in [1.165, 1.54) is 12.1 Å². The number of halogens is 3. The first-order valence-corrected chi connectivity index (χ1v) is 10.4. The van der Waals surface area contributed by atoms with Crippen LogP contribution in [-0.2, 0) is 19.7 Å². The lowest BCUT2D eigenvalue weighted by Gasteiger charge is -2.18. The predicted molar refractivity (Wildman–Crippen MR) is 120 cm³/mol. The predicted octanol–water partition coefficient (Wildman–Crippen LogP) is 6.13. The largest absolute Gasteiger partial charge is 0.497 e. The maximum absolute atomic E-state index is 13.3. The number of nitrogens with one attached hydrogen (secondary N) is 1. The van der Waals surface area contributed by atoms with Gasteiger partial charge in [0.15, 0.2) is 11.5 Å². The molecule has 0 spiro atoms. The van der Waals surface area contributed by atoms with Crippen LogP contribution < -0.4 is 19.5 Å². The summed E-state index contributed by atoms with van der Waals surface area (Å²) in [5, 5.41) is 3.75. The molecular weight excluding hydrogens is 473 g/mol. The number of methoxy groups -OCH3 is 2. The van der Waals surface area contributed by atoms with E-state index in [0.717, 1.165) is 21.3 Å². The van der Waals surface area contributed by atoms with E-state index in [1.807, 2.05) is 36.4 Å². The molecule has 7 heteroatoms. The van der Waals surface area contributed by atoms with Crippen LogP contribution in [0.2, 0.25) is 5.02 Å². The van der Waals surface area contributed by atoms with E-state index in [4.69, 9.17) is 25.8 Å². The van der Waals surface area contributed by atoms with Gasteiger partial charge in [0.25, 0.3) is 0 Å². The Labute approximate surface area is 189 Å². The number of hydrogen-bond donors (Lipinski definition) is 1. The monoisotopic (exact) mass is 493 g/mol. The van der Waals surface area contributed by atoms with Crippen LogP contribution in [0.4, 0.5) is 4.39 Å². The van der Waals surface area contributed by atoms with Crippen LogP contribution in [0.15, 0.2) is 59.1 Å². The van der Waals surface area contributed by atoms with E-state index in [-0.39, 0.29) is 12.4 Å². The third kappa shape index (κ3) is 5.65. The van der Waals surface area contributed by atoms with Gasteiger partial charge in [-0.2, -0.15) is 0 Å². The second kappa shape index (κ2) is 10.7. The van der Waals surface area contributed by atoms with Gasteiger partial charge in [-0.1, -0.05) is 45.7 Å². The Morgan fingerprint density at radius 1 is 0.967 bits per heavy atom. The smallest absolute Gasteiger partial charge is 0.167 e. The Kier molecular flexibility index (Phi) is 7.96. The van der Waals surface area contributed by atoms with Gasteiger partial charge < -0.3 is 19.5 Å². The van der Waals surface area contributed by atoms with E-state index in [1.54, 1.807) is 20.3 Å². The van der Waals surface area contributed by atoms with Crippen LogP contribution >= 0.6 is 27.5 Å². The van der Waals surface area contributed by atoms with Crippen molar-refractivity contribution in [2.24, 2.45) is 0 Å². The van der Waals surface area contributed by atoms with Crippen molar-refractivity contribution in [3.63, 3.8) is 0 Å². The van der Waals surface area contributed by atoms with Crippen molar-refractivity contribution >= 4 is 27.5 Å². The molecule has 0 bridgehead atoms. The maximum atomic E-state index is 13.3. The van der Waals surface area contributed by atoms with E-state index in [2.05, 4.69) is 21.2 Å². The lowest BCUT2D eigenvalue weighted by Crippen LogP contribution is -2.14. The fourth-order valence-corrected chi connectivity index (χ4v) is 3.60. The van der Waals surface area contributed by atoms with E-state index in [9.17, 15) is 4.39 Å². The number of hydrogen-bond acceptors (Lipinski definition) is 4. The van der Waals surface area contributed by atoms with E-state index in [0.29, 0.717) is 35.2 Å². The molecule has 0 aliphatic carbocycles. The standard InChI is InChI=1S/C23H22BrClFNO3/c1-28-18-7-3-15(4-8-18)12-27-13-19-20(24)9-10-22(29-2)23(19)30-14-16-5-6-17(26)11-21(16)25/h3-11,27H,12-14H2,1-2H3. The Morgan fingerprint density at radius 2 is 1.73 bits per heavy atom. The lowest BCUT2D eigenvalue weighted by atomic mass is 10.1. The van der Waals surface area contributed by atoms with Gasteiger partial charge in [-0.05, 0) is 42.0 Å². The Balaban J connectivity index is 1.74. The molecule has 0 radical (unpaired) electrons. The lowest BCUT2D eigenvalue weighted by molar-refractivity contribution is 0.280. The summed E-state index contributed by atoms with van der Waals surface area (Å²) in [4.78, 5) is 0. The third-order valence-corrected chi connectivity index (χ3v) is 5.66. The van der Waals surface area contributed by atoms with Crippen molar-refractivity contribution in [3.05, 3.63) is 86.6 Å². The highest BCUT2D eigenvalue weighted by Crippen LogP contribution is 2.37. The summed E-state index contributed by atoms with van der Waals surface area (Å²) in [5.41, 5.74) is 2.74. The molecule has 1 N–H and O–H groups in total. The Hall–Kier alpha value is -2.28. The molecule has 0 heterocycles. The molecule has 0 fully saturated rings. The first kappa shape index (κ1) is 22.4. The molecular formula is C23H22BrClFNO3. The van der Waals surface area contributed by atoms with Gasteiger partial charge >= 0.3 is 0 Å². The molecule has 0 saturated carbocycles. The molecule has 0 unspecified atom stereocenters. The quantitative estimate of drug-likeness (QED) is 0.389. The number of ether oxygens (including phenoxy) is 3. The molecule has 158 valence electrons.